The zero-order chi connectivity index (χ0) is 19.0. The summed E-state index contributed by atoms with van der Waals surface area (Å²) in [5.41, 5.74) is 0.950. The summed E-state index contributed by atoms with van der Waals surface area (Å²) in [5.74, 6) is 0. The van der Waals surface area contributed by atoms with Gasteiger partial charge in [0, 0.05) is 10.0 Å². The molecule has 1 aliphatic heterocycles. The molecule has 0 aromatic heterocycles. The first-order valence-electron chi connectivity index (χ1n) is 7.26. The summed E-state index contributed by atoms with van der Waals surface area (Å²) >= 11 is 37.2. The van der Waals surface area contributed by atoms with Crippen LogP contribution in [0.3, 0.4) is 0 Å². The van der Waals surface area contributed by atoms with Gasteiger partial charge in [0.15, 0.2) is 24.0 Å². The first kappa shape index (κ1) is 19.8. The maximum atomic E-state index is 9.18. The molecule has 0 amide bonds. The molecule has 1 unspecified atom stereocenters. The molecule has 26 heavy (non-hydrogen) atoms. The Balaban J connectivity index is 2.12. The third kappa shape index (κ3) is 3.84. The first-order chi connectivity index (χ1) is 12.3. The minimum Gasteiger partial charge on any atom is -0.198 e. The van der Waals surface area contributed by atoms with Gasteiger partial charge in [0.05, 0.1) is 37.8 Å². The number of anilines is 1. The fourth-order valence-corrected chi connectivity index (χ4v) is 4.66. The van der Waals surface area contributed by atoms with Crippen LogP contribution < -0.4 is 5.01 Å². The van der Waals surface area contributed by atoms with Gasteiger partial charge in [0.2, 0.25) is 0 Å². The molecule has 0 fully saturated rings. The predicted octanol–water partition coefficient (Wildman–Crippen LogP) is 7.42. The van der Waals surface area contributed by atoms with Gasteiger partial charge in [0.25, 0.3) is 0 Å². The number of nitriles is 1. The van der Waals surface area contributed by atoms with Crippen LogP contribution in [0.15, 0.2) is 29.5 Å². The smallest absolute Gasteiger partial charge is 0.187 e. The lowest BCUT2D eigenvalue weighted by Gasteiger charge is -2.14. The second-order valence-corrected chi connectivity index (χ2v) is 7.97. The van der Waals surface area contributed by atoms with Crippen LogP contribution in [0.2, 0.25) is 30.1 Å². The molecule has 1 atom stereocenters. The van der Waals surface area contributed by atoms with Crippen LogP contribution in [0.5, 0.6) is 0 Å². The van der Waals surface area contributed by atoms with Gasteiger partial charge in [-0.05, 0) is 24.3 Å². The zero-order valence-corrected chi connectivity index (χ0v) is 17.4. The average molecular weight is 470 g/mol. The maximum Gasteiger partial charge on any atom is 0.187 e. The number of rotatable bonds is 3. The Hall–Kier alpha value is -0.930. The van der Waals surface area contributed by atoms with Gasteiger partial charge < -0.3 is 0 Å². The van der Waals surface area contributed by atoms with E-state index in [9.17, 15) is 5.26 Å². The Kier molecular flexibility index (Phi) is 6.08. The van der Waals surface area contributed by atoms with Crippen molar-refractivity contribution in [3.8, 4) is 6.07 Å². The highest BCUT2D eigenvalue weighted by Gasteiger charge is 2.40. The molecule has 1 aliphatic rings. The number of hydrogen-bond donors (Lipinski definition) is 0. The summed E-state index contributed by atoms with van der Waals surface area (Å²) in [5, 5.41) is 17.4. The van der Waals surface area contributed by atoms with E-state index in [4.69, 9.17) is 69.6 Å². The molecule has 1 heterocycles. The van der Waals surface area contributed by atoms with Crippen LogP contribution in [0.4, 0.5) is 11.4 Å². The minimum absolute atomic E-state index is 0.193. The Morgan fingerprint density at radius 3 is 1.96 bits per heavy atom. The topological polar surface area (TPSA) is 42.4 Å². The van der Waals surface area contributed by atoms with E-state index in [0.29, 0.717) is 48.1 Å². The SMILES string of the molecule is N#CCC1C[N+](c2c(Cl)cc(Cl)cc2Cl)=NN1c1c(Cl)cc(Cl)cc1Cl. The van der Waals surface area contributed by atoms with Crippen molar-refractivity contribution in [3.05, 3.63) is 54.4 Å². The number of halogens is 6. The van der Waals surface area contributed by atoms with E-state index in [-0.39, 0.29) is 12.5 Å². The van der Waals surface area contributed by atoms with Gasteiger partial charge in [-0.3, -0.25) is 0 Å². The van der Waals surface area contributed by atoms with Crippen molar-refractivity contribution in [1.82, 2.24) is 0 Å². The van der Waals surface area contributed by atoms with E-state index in [1.807, 2.05) is 0 Å². The predicted molar refractivity (Wildman–Crippen MR) is 107 cm³/mol. The van der Waals surface area contributed by atoms with Crippen LogP contribution in [-0.4, -0.2) is 17.3 Å². The Morgan fingerprint density at radius 2 is 1.46 bits per heavy atom. The van der Waals surface area contributed by atoms with Crippen molar-refractivity contribution >= 4 is 81.0 Å². The number of benzene rings is 2. The molecule has 0 aliphatic carbocycles. The summed E-state index contributed by atoms with van der Waals surface area (Å²) in [6.07, 6.45) is 0.193. The third-order valence-corrected chi connectivity index (χ3v) is 5.30. The fourth-order valence-electron chi connectivity index (χ4n) is 2.66. The fraction of sp³-hybridized carbons (Fsp3) is 0.188. The molecule has 0 radical (unpaired) electrons. The van der Waals surface area contributed by atoms with Crippen LogP contribution in [0.25, 0.3) is 0 Å². The largest absolute Gasteiger partial charge is 0.198 e. The third-order valence-electron chi connectivity index (χ3n) is 3.71. The standard InChI is InChI=1S/C16H9Cl6N4/c17-8-3-11(19)15(12(20)4-8)25-7-10(1-2-23)26(24-25)16-13(21)5-9(18)6-14(16)22/h3-6,10H,1,7H2/q+1. The molecule has 2 aromatic rings. The summed E-state index contributed by atoms with van der Waals surface area (Å²) in [6.45, 7) is 0.365. The van der Waals surface area contributed by atoms with Crippen molar-refractivity contribution in [1.29, 1.82) is 5.26 Å². The van der Waals surface area contributed by atoms with Crippen LogP contribution in [-0.2, 0) is 0 Å². The molecule has 134 valence electrons. The lowest BCUT2D eigenvalue weighted by molar-refractivity contribution is -0.498. The lowest BCUT2D eigenvalue weighted by Crippen LogP contribution is -2.29. The van der Waals surface area contributed by atoms with Gasteiger partial charge in [-0.1, -0.05) is 69.6 Å². The van der Waals surface area contributed by atoms with Crippen LogP contribution >= 0.6 is 69.6 Å². The molecule has 0 saturated heterocycles. The quantitative estimate of drug-likeness (QED) is 0.439. The Labute approximate surface area is 180 Å². The monoisotopic (exact) mass is 467 g/mol. The van der Waals surface area contributed by atoms with E-state index in [1.54, 1.807) is 34.0 Å². The summed E-state index contributed by atoms with van der Waals surface area (Å²) < 4.78 is 1.60. The molecule has 0 spiro atoms. The molecule has 4 nitrogen and oxygen atoms in total. The average Bonchev–Trinajstić information content (AvgIpc) is 2.89. The first-order valence-corrected chi connectivity index (χ1v) is 9.53. The zero-order valence-electron chi connectivity index (χ0n) is 12.9. The van der Waals surface area contributed by atoms with Crippen molar-refractivity contribution in [2.75, 3.05) is 11.6 Å². The summed E-state index contributed by atoms with van der Waals surface area (Å²) in [7, 11) is 0. The van der Waals surface area contributed by atoms with E-state index in [0.717, 1.165) is 0 Å². The number of hydrogen-bond acceptors (Lipinski definition) is 3. The molecule has 2 aromatic carbocycles. The van der Waals surface area contributed by atoms with Gasteiger partial charge in [-0.25, -0.2) is 0 Å². The van der Waals surface area contributed by atoms with E-state index in [1.165, 1.54) is 0 Å². The number of nitrogens with zero attached hydrogens (tertiary/aromatic N) is 4. The minimum atomic E-state index is -0.306. The summed E-state index contributed by atoms with van der Waals surface area (Å²) in [4.78, 5) is 0. The van der Waals surface area contributed by atoms with Gasteiger partial charge in [0.1, 0.15) is 0 Å². The lowest BCUT2D eigenvalue weighted by atomic mass is 10.2. The van der Waals surface area contributed by atoms with Crippen molar-refractivity contribution in [3.63, 3.8) is 0 Å². The summed E-state index contributed by atoms with van der Waals surface area (Å²) in [6, 6.07) is 8.11. The second-order valence-electron chi connectivity index (χ2n) is 5.47. The van der Waals surface area contributed by atoms with E-state index >= 15 is 0 Å². The van der Waals surface area contributed by atoms with Gasteiger partial charge in [-0.2, -0.15) is 5.26 Å². The Morgan fingerprint density at radius 1 is 0.962 bits per heavy atom. The molecule has 0 bridgehead atoms. The highest BCUT2D eigenvalue weighted by molar-refractivity contribution is 6.42. The van der Waals surface area contributed by atoms with Gasteiger partial charge >= 0.3 is 0 Å². The van der Waals surface area contributed by atoms with Crippen LogP contribution in [0.1, 0.15) is 6.42 Å². The van der Waals surface area contributed by atoms with Crippen LogP contribution in [0, 0.1) is 11.3 Å². The van der Waals surface area contributed by atoms with Crippen molar-refractivity contribution in [2.24, 2.45) is 5.22 Å². The highest BCUT2D eigenvalue weighted by Crippen LogP contribution is 2.42. The van der Waals surface area contributed by atoms with Gasteiger partial charge in [-0.15, -0.1) is 9.71 Å². The Bertz CT molecular complexity index is 906. The molecular formula is C16H9Cl6N4+. The molecule has 10 heteroatoms. The molecule has 3 rings (SSSR count). The second kappa shape index (κ2) is 7.98. The normalized spacial score (nSPS) is 16.6. The molecule has 0 N–H and O–H groups in total. The maximum absolute atomic E-state index is 9.18. The highest BCUT2D eigenvalue weighted by atomic mass is 35.5. The van der Waals surface area contributed by atoms with E-state index in [2.05, 4.69) is 11.3 Å². The van der Waals surface area contributed by atoms with E-state index < -0.39 is 0 Å². The van der Waals surface area contributed by atoms with Crippen molar-refractivity contribution < 1.29 is 4.70 Å². The molecular weight excluding hydrogens is 461 g/mol. The van der Waals surface area contributed by atoms with Crippen molar-refractivity contribution in [2.45, 2.75) is 12.5 Å². The molecule has 0 saturated carbocycles.